The summed E-state index contributed by atoms with van der Waals surface area (Å²) in [5.41, 5.74) is 1.57. The van der Waals surface area contributed by atoms with Gasteiger partial charge in [0.2, 0.25) is 0 Å². The standard InChI is InChI=1S/C16H22N2O4/c1-16(2,3)22-15(20)18-10-9-11-12(7-6-8-13(11)18)14(19)17(4)21-5/h6-8H,9-10H2,1-5H3. The van der Waals surface area contributed by atoms with E-state index in [4.69, 9.17) is 9.57 Å². The minimum absolute atomic E-state index is 0.231. The lowest BCUT2D eigenvalue weighted by Crippen LogP contribution is -2.35. The minimum atomic E-state index is -0.552. The minimum Gasteiger partial charge on any atom is -0.443 e. The highest BCUT2D eigenvalue weighted by Crippen LogP contribution is 2.32. The van der Waals surface area contributed by atoms with Crippen LogP contribution in [0.4, 0.5) is 10.5 Å². The number of amides is 2. The maximum Gasteiger partial charge on any atom is 0.414 e. The normalized spacial score (nSPS) is 13.8. The fourth-order valence-electron chi connectivity index (χ4n) is 2.39. The Kier molecular flexibility index (Phi) is 4.42. The molecule has 0 aromatic heterocycles. The lowest BCUT2D eigenvalue weighted by molar-refractivity contribution is -0.0757. The summed E-state index contributed by atoms with van der Waals surface area (Å²) in [7, 11) is 3.00. The predicted molar refractivity (Wildman–Crippen MR) is 82.8 cm³/mol. The maximum absolute atomic E-state index is 12.3. The van der Waals surface area contributed by atoms with E-state index in [0.29, 0.717) is 18.5 Å². The number of anilines is 1. The first-order valence-electron chi connectivity index (χ1n) is 7.19. The molecule has 2 amide bonds. The first kappa shape index (κ1) is 16.3. The highest BCUT2D eigenvalue weighted by atomic mass is 16.7. The molecule has 0 saturated carbocycles. The van der Waals surface area contributed by atoms with Gasteiger partial charge in [0.05, 0.1) is 12.8 Å². The van der Waals surface area contributed by atoms with Crippen molar-refractivity contribution in [2.45, 2.75) is 32.8 Å². The van der Waals surface area contributed by atoms with Gasteiger partial charge in [-0.05, 0) is 44.9 Å². The molecular weight excluding hydrogens is 284 g/mol. The molecule has 0 radical (unpaired) electrons. The molecule has 1 aromatic rings. The molecule has 1 aliphatic heterocycles. The molecule has 0 N–H and O–H groups in total. The predicted octanol–water partition coefficient (Wildman–Crippen LogP) is 2.62. The number of benzene rings is 1. The second-order valence-electron chi connectivity index (χ2n) is 6.17. The largest absolute Gasteiger partial charge is 0.443 e. The van der Waals surface area contributed by atoms with Gasteiger partial charge in [-0.3, -0.25) is 14.5 Å². The van der Waals surface area contributed by atoms with Gasteiger partial charge in [0.1, 0.15) is 5.60 Å². The van der Waals surface area contributed by atoms with Crippen LogP contribution in [0.25, 0.3) is 0 Å². The molecule has 22 heavy (non-hydrogen) atoms. The summed E-state index contributed by atoms with van der Waals surface area (Å²) in [5, 5.41) is 1.17. The van der Waals surface area contributed by atoms with Crippen molar-refractivity contribution in [3.8, 4) is 0 Å². The first-order valence-corrected chi connectivity index (χ1v) is 7.19. The molecule has 6 heteroatoms. The molecule has 2 rings (SSSR count). The number of hydroxylamine groups is 2. The van der Waals surface area contributed by atoms with Crippen LogP contribution in [-0.2, 0) is 16.0 Å². The summed E-state index contributed by atoms with van der Waals surface area (Å²) < 4.78 is 5.41. The number of hydrogen-bond donors (Lipinski definition) is 0. The van der Waals surface area contributed by atoms with Crippen LogP contribution in [0, 0.1) is 0 Å². The summed E-state index contributed by atoms with van der Waals surface area (Å²) in [6.07, 6.45) is 0.226. The summed E-state index contributed by atoms with van der Waals surface area (Å²) >= 11 is 0. The molecule has 1 aliphatic rings. The van der Waals surface area contributed by atoms with Gasteiger partial charge in [0.15, 0.2) is 0 Å². The number of hydrogen-bond acceptors (Lipinski definition) is 4. The van der Waals surface area contributed by atoms with E-state index >= 15 is 0 Å². The Morgan fingerprint density at radius 3 is 2.55 bits per heavy atom. The fourth-order valence-corrected chi connectivity index (χ4v) is 2.39. The maximum atomic E-state index is 12.3. The van der Waals surface area contributed by atoms with Gasteiger partial charge >= 0.3 is 6.09 Å². The van der Waals surface area contributed by atoms with E-state index in [0.717, 1.165) is 11.3 Å². The first-order chi connectivity index (χ1) is 10.2. The highest BCUT2D eigenvalue weighted by Gasteiger charge is 2.31. The lowest BCUT2D eigenvalue weighted by Gasteiger charge is -2.25. The molecule has 0 spiro atoms. The Bertz CT molecular complexity index is 592. The number of carbonyl (C=O) groups excluding carboxylic acids is 2. The van der Waals surface area contributed by atoms with Crippen LogP contribution in [-0.4, -0.2) is 43.4 Å². The van der Waals surface area contributed by atoms with Crippen LogP contribution in [0.1, 0.15) is 36.7 Å². The Hall–Kier alpha value is -2.08. The van der Waals surface area contributed by atoms with E-state index in [1.54, 1.807) is 24.1 Å². The lowest BCUT2D eigenvalue weighted by atomic mass is 10.0. The monoisotopic (exact) mass is 306 g/mol. The average Bonchev–Trinajstić information content (AvgIpc) is 2.87. The summed E-state index contributed by atoms with van der Waals surface area (Å²) in [6, 6.07) is 5.34. The Balaban J connectivity index is 2.30. The Morgan fingerprint density at radius 2 is 1.95 bits per heavy atom. The zero-order valence-electron chi connectivity index (χ0n) is 13.7. The van der Waals surface area contributed by atoms with Crippen LogP contribution >= 0.6 is 0 Å². The molecule has 1 heterocycles. The molecule has 0 fully saturated rings. The van der Waals surface area contributed by atoms with Gasteiger partial charge in [0, 0.05) is 19.2 Å². The SMILES string of the molecule is CON(C)C(=O)c1cccc2c1CCN2C(=O)OC(C)(C)C. The van der Waals surface area contributed by atoms with E-state index < -0.39 is 11.7 Å². The number of nitrogens with zero attached hydrogens (tertiary/aromatic N) is 2. The Labute approximate surface area is 130 Å². The van der Waals surface area contributed by atoms with Crippen molar-refractivity contribution in [3.05, 3.63) is 29.3 Å². The van der Waals surface area contributed by atoms with Crippen molar-refractivity contribution in [3.63, 3.8) is 0 Å². The smallest absolute Gasteiger partial charge is 0.414 e. The highest BCUT2D eigenvalue weighted by molar-refractivity contribution is 5.99. The molecule has 1 aromatic carbocycles. The topological polar surface area (TPSA) is 59.1 Å². The number of rotatable bonds is 2. The molecule has 0 aliphatic carbocycles. The fraction of sp³-hybridized carbons (Fsp3) is 0.500. The third kappa shape index (κ3) is 3.22. The van der Waals surface area contributed by atoms with Gasteiger partial charge < -0.3 is 4.74 Å². The molecule has 0 atom stereocenters. The second-order valence-corrected chi connectivity index (χ2v) is 6.17. The van der Waals surface area contributed by atoms with E-state index in [1.807, 2.05) is 26.8 Å². The van der Waals surface area contributed by atoms with E-state index in [1.165, 1.54) is 12.2 Å². The zero-order chi connectivity index (χ0) is 16.5. The van der Waals surface area contributed by atoms with Crippen molar-refractivity contribution in [1.29, 1.82) is 0 Å². The van der Waals surface area contributed by atoms with Crippen molar-refractivity contribution in [1.82, 2.24) is 5.06 Å². The summed E-state index contributed by atoms with van der Waals surface area (Å²) in [6.45, 7) is 5.99. The molecule has 120 valence electrons. The van der Waals surface area contributed by atoms with Gasteiger partial charge in [-0.25, -0.2) is 9.86 Å². The molecule has 0 saturated heterocycles. The van der Waals surface area contributed by atoms with E-state index in [9.17, 15) is 9.59 Å². The third-order valence-corrected chi connectivity index (χ3v) is 3.43. The van der Waals surface area contributed by atoms with Gasteiger partial charge in [-0.2, -0.15) is 0 Å². The summed E-state index contributed by atoms with van der Waals surface area (Å²) in [4.78, 5) is 31.1. The Morgan fingerprint density at radius 1 is 1.27 bits per heavy atom. The quantitative estimate of drug-likeness (QED) is 0.788. The van der Waals surface area contributed by atoms with Crippen molar-refractivity contribution in [2.24, 2.45) is 0 Å². The van der Waals surface area contributed by atoms with Gasteiger partial charge in [-0.15, -0.1) is 0 Å². The van der Waals surface area contributed by atoms with Crippen molar-refractivity contribution in [2.75, 3.05) is 25.6 Å². The van der Waals surface area contributed by atoms with Crippen LogP contribution in [0.2, 0.25) is 0 Å². The average molecular weight is 306 g/mol. The van der Waals surface area contributed by atoms with Crippen molar-refractivity contribution < 1.29 is 19.2 Å². The molecular formula is C16H22N2O4. The van der Waals surface area contributed by atoms with Gasteiger partial charge in [-0.1, -0.05) is 6.07 Å². The van der Waals surface area contributed by atoms with Crippen LogP contribution in [0.3, 0.4) is 0 Å². The van der Waals surface area contributed by atoms with Crippen LogP contribution in [0.5, 0.6) is 0 Å². The molecule has 0 unspecified atom stereocenters. The van der Waals surface area contributed by atoms with Crippen molar-refractivity contribution >= 4 is 17.7 Å². The second kappa shape index (κ2) is 5.96. The number of ether oxygens (including phenoxy) is 1. The zero-order valence-corrected chi connectivity index (χ0v) is 13.7. The molecule has 6 nitrogen and oxygen atoms in total. The van der Waals surface area contributed by atoms with E-state index in [2.05, 4.69) is 0 Å². The van der Waals surface area contributed by atoms with Gasteiger partial charge in [0.25, 0.3) is 5.91 Å². The summed E-state index contributed by atoms with van der Waals surface area (Å²) in [5.74, 6) is -0.231. The van der Waals surface area contributed by atoms with Crippen LogP contribution < -0.4 is 4.90 Å². The van der Waals surface area contributed by atoms with Crippen LogP contribution in [0.15, 0.2) is 18.2 Å². The third-order valence-electron chi connectivity index (χ3n) is 3.43. The van der Waals surface area contributed by atoms with E-state index in [-0.39, 0.29) is 5.91 Å². The number of carbonyl (C=O) groups is 2. The number of fused-ring (bicyclic) bond motifs is 1. The molecule has 0 bridgehead atoms.